The number of hydrogen-bond acceptors (Lipinski definition) is 4. The fourth-order valence-corrected chi connectivity index (χ4v) is 3.26. The second kappa shape index (κ2) is 4.61. The number of aliphatic hydroxyl groups excluding tert-OH is 1. The molecule has 0 aromatic rings. The average Bonchev–Trinajstić information content (AvgIpc) is 2.03. The van der Waals surface area contributed by atoms with E-state index in [1.54, 1.807) is 11.8 Å². The van der Waals surface area contributed by atoms with Crippen LogP contribution in [0.2, 0.25) is 0 Å². The van der Waals surface area contributed by atoms with Crippen LogP contribution in [-0.2, 0) is 10.2 Å². The molecule has 0 saturated carbocycles. The molecule has 0 aromatic carbocycles. The fraction of sp³-hybridized carbons (Fsp3) is 1.00. The second-order valence-electron chi connectivity index (χ2n) is 3.22. The first-order valence-electron chi connectivity index (χ1n) is 4.17. The van der Waals surface area contributed by atoms with Crippen LogP contribution in [0.25, 0.3) is 0 Å². The highest BCUT2D eigenvalue weighted by Crippen LogP contribution is 2.26. The molecule has 1 atom stereocenters. The van der Waals surface area contributed by atoms with Gasteiger partial charge in [-0.15, -0.1) is 3.89 Å². The van der Waals surface area contributed by atoms with E-state index in [1.807, 2.05) is 0 Å². The van der Waals surface area contributed by atoms with E-state index < -0.39 is 22.1 Å². The quantitative estimate of drug-likeness (QED) is 0.726. The van der Waals surface area contributed by atoms with Crippen LogP contribution in [0, 0.1) is 5.92 Å². The van der Waals surface area contributed by atoms with Gasteiger partial charge in [0.05, 0.1) is 6.10 Å². The minimum atomic E-state index is -4.53. The van der Waals surface area contributed by atoms with E-state index in [1.165, 1.54) is 0 Å². The normalized spacial score (nSPS) is 22.9. The summed E-state index contributed by atoms with van der Waals surface area (Å²) < 4.78 is 32.7. The van der Waals surface area contributed by atoms with Crippen LogP contribution in [-0.4, -0.2) is 36.9 Å². The van der Waals surface area contributed by atoms with Gasteiger partial charge in [-0.3, -0.25) is 0 Å². The molecular weight excluding hydrogens is 215 g/mol. The lowest BCUT2D eigenvalue weighted by Gasteiger charge is -2.25. The summed E-state index contributed by atoms with van der Waals surface area (Å²) in [6.07, 6.45) is 0.527. The molecule has 1 N–H and O–H groups in total. The Morgan fingerprint density at radius 2 is 2.00 bits per heavy atom. The Hall–Kier alpha value is 0.190. The van der Waals surface area contributed by atoms with Crippen LogP contribution in [0.3, 0.4) is 0 Å². The highest BCUT2D eigenvalue weighted by molar-refractivity contribution is 7.99. The number of rotatable bonds is 3. The molecule has 0 radical (unpaired) electrons. The second-order valence-corrected chi connectivity index (χ2v) is 5.86. The maximum Gasteiger partial charge on any atom is 0.304 e. The monoisotopic (exact) mass is 228 g/mol. The van der Waals surface area contributed by atoms with E-state index in [4.69, 9.17) is 0 Å². The molecule has 0 aromatic heterocycles. The number of halogens is 1. The summed E-state index contributed by atoms with van der Waals surface area (Å²) in [6, 6.07) is 0. The predicted molar refractivity (Wildman–Crippen MR) is 51.0 cm³/mol. The first-order chi connectivity index (χ1) is 5.99. The smallest absolute Gasteiger partial charge is 0.304 e. The zero-order valence-electron chi connectivity index (χ0n) is 7.15. The van der Waals surface area contributed by atoms with Gasteiger partial charge in [-0.05, 0) is 30.3 Å². The van der Waals surface area contributed by atoms with Gasteiger partial charge in [-0.2, -0.15) is 20.2 Å². The molecule has 0 bridgehead atoms. The molecule has 1 aliphatic rings. The Kier molecular flexibility index (Phi) is 4.00. The largest absolute Gasteiger partial charge is 0.392 e. The number of aliphatic hydroxyl groups is 1. The van der Waals surface area contributed by atoms with Crippen molar-refractivity contribution >= 4 is 22.0 Å². The summed E-state index contributed by atoms with van der Waals surface area (Å²) in [4.78, 5) is 0. The Balaban J connectivity index is 2.42. The Morgan fingerprint density at radius 1 is 1.46 bits per heavy atom. The highest BCUT2D eigenvalue weighted by Gasteiger charge is 2.26. The summed E-state index contributed by atoms with van der Waals surface area (Å²) in [5, 5.41) is 9.38. The molecule has 1 heterocycles. The molecule has 0 spiro atoms. The third-order valence-corrected chi connectivity index (χ3v) is 3.97. The van der Waals surface area contributed by atoms with Crippen LogP contribution in [0.15, 0.2) is 0 Å². The highest BCUT2D eigenvalue weighted by atomic mass is 32.3. The van der Waals surface area contributed by atoms with Crippen molar-refractivity contribution in [3.63, 3.8) is 0 Å². The van der Waals surface area contributed by atoms with Crippen molar-refractivity contribution in [1.82, 2.24) is 0 Å². The van der Waals surface area contributed by atoms with E-state index >= 15 is 0 Å². The van der Waals surface area contributed by atoms with Crippen molar-refractivity contribution in [2.24, 2.45) is 5.92 Å². The zero-order chi connectivity index (χ0) is 9.90. The SMILES string of the molecule is O=S(=O)(F)CC(O)C1CCSCC1. The van der Waals surface area contributed by atoms with Gasteiger partial charge in [0.1, 0.15) is 5.75 Å². The van der Waals surface area contributed by atoms with E-state index in [2.05, 4.69) is 0 Å². The lowest BCUT2D eigenvalue weighted by atomic mass is 9.97. The van der Waals surface area contributed by atoms with Gasteiger partial charge < -0.3 is 5.11 Å². The van der Waals surface area contributed by atoms with Gasteiger partial charge in [-0.25, -0.2) is 0 Å². The maximum absolute atomic E-state index is 12.2. The fourth-order valence-electron chi connectivity index (χ4n) is 1.44. The van der Waals surface area contributed by atoms with Crippen molar-refractivity contribution in [1.29, 1.82) is 0 Å². The molecule has 1 saturated heterocycles. The summed E-state index contributed by atoms with van der Waals surface area (Å²) in [5.41, 5.74) is 0. The van der Waals surface area contributed by atoms with Gasteiger partial charge in [0.15, 0.2) is 0 Å². The van der Waals surface area contributed by atoms with Gasteiger partial charge in [0.25, 0.3) is 0 Å². The van der Waals surface area contributed by atoms with Crippen molar-refractivity contribution in [2.75, 3.05) is 17.3 Å². The standard InChI is InChI=1S/C7H13FO3S2/c8-13(10,11)5-7(9)6-1-3-12-4-2-6/h6-7,9H,1-5H2. The average molecular weight is 228 g/mol. The van der Waals surface area contributed by atoms with Gasteiger partial charge in [-0.1, -0.05) is 0 Å². The first kappa shape index (κ1) is 11.3. The van der Waals surface area contributed by atoms with Crippen LogP contribution in [0.5, 0.6) is 0 Å². The van der Waals surface area contributed by atoms with Gasteiger partial charge >= 0.3 is 10.2 Å². The molecule has 1 rings (SSSR count). The Bertz CT molecular complexity index is 246. The van der Waals surface area contributed by atoms with E-state index in [-0.39, 0.29) is 5.92 Å². The van der Waals surface area contributed by atoms with Crippen molar-refractivity contribution in [2.45, 2.75) is 18.9 Å². The number of hydrogen-bond donors (Lipinski definition) is 1. The molecule has 1 unspecified atom stereocenters. The zero-order valence-corrected chi connectivity index (χ0v) is 8.78. The summed E-state index contributed by atoms with van der Waals surface area (Å²) in [6.45, 7) is 0. The van der Waals surface area contributed by atoms with E-state index in [0.717, 1.165) is 24.3 Å². The maximum atomic E-state index is 12.2. The van der Waals surface area contributed by atoms with E-state index in [0.29, 0.717) is 0 Å². The van der Waals surface area contributed by atoms with E-state index in [9.17, 15) is 17.4 Å². The molecule has 0 amide bonds. The molecule has 0 aliphatic carbocycles. The van der Waals surface area contributed by atoms with Gasteiger partial charge in [0, 0.05) is 0 Å². The summed E-state index contributed by atoms with van der Waals surface area (Å²) in [5.74, 6) is 1.05. The van der Waals surface area contributed by atoms with Crippen LogP contribution < -0.4 is 0 Å². The first-order valence-corrected chi connectivity index (χ1v) is 6.88. The minimum Gasteiger partial charge on any atom is -0.392 e. The lowest BCUT2D eigenvalue weighted by Crippen LogP contribution is -2.30. The molecule has 6 heteroatoms. The van der Waals surface area contributed by atoms with Crippen LogP contribution >= 0.6 is 11.8 Å². The molecule has 78 valence electrons. The van der Waals surface area contributed by atoms with Crippen LogP contribution in [0.1, 0.15) is 12.8 Å². The molecule has 1 fully saturated rings. The van der Waals surface area contributed by atoms with Crippen LogP contribution in [0.4, 0.5) is 3.89 Å². The third kappa shape index (κ3) is 4.28. The third-order valence-electron chi connectivity index (χ3n) is 2.18. The van der Waals surface area contributed by atoms with Crippen molar-refractivity contribution in [3.8, 4) is 0 Å². The molecular formula is C7H13FO3S2. The molecule has 3 nitrogen and oxygen atoms in total. The summed E-state index contributed by atoms with van der Waals surface area (Å²) in [7, 11) is -4.53. The molecule has 13 heavy (non-hydrogen) atoms. The predicted octanol–water partition coefficient (Wildman–Crippen LogP) is 0.790. The topological polar surface area (TPSA) is 54.4 Å². The minimum absolute atomic E-state index is 0.0493. The van der Waals surface area contributed by atoms with Crippen molar-refractivity contribution in [3.05, 3.63) is 0 Å². The summed E-state index contributed by atoms with van der Waals surface area (Å²) >= 11 is 1.78. The molecule has 1 aliphatic heterocycles. The van der Waals surface area contributed by atoms with Crippen molar-refractivity contribution < 1.29 is 17.4 Å². The number of thioether (sulfide) groups is 1. The lowest BCUT2D eigenvalue weighted by molar-refractivity contribution is 0.122. The Morgan fingerprint density at radius 3 is 2.46 bits per heavy atom. The Labute approximate surface area is 81.9 Å². The van der Waals surface area contributed by atoms with Gasteiger partial charge in [0.2, 0.25) is 0 Å².